The van der Waals surface area contributed by atoms with Crippen molar-refractivity contribution in [1.82, 2.24) is 5.32 Å². The van der Waals surface area contributed by atoms with E-state index >= 15 is 0 Å². The van der Waals surface area contributed by atoms with Gasteiger partial charge in [0.15, 0.2) is 0 Å². The predicted molar refractivity (Wildman–Crippen MR) is 90.3 cm³/mol. The van der Waals surface area contributed by atoms with E-state index in [1.807, 2.05) is 6.07 Å². The SMILES string of the molecule is COc1ccc(OC)c(NC(=O)CCC2CCNCC2)c1.Cl. The molecule has 1 aliphatic rings. The molecule has 124 valence electrons. The largest absolute Gasteiger partial charge is 0.497 e. The van der Waals surface area contributed by atoms with Crippen LogP contribution in [0.4, 0.5) is 5.69 Å². The molecular weight excluding hydrogens is 304 g/mol. The molecule has 0 bridgehead atoms. The van der Waals surface area contributed by atoms with Gasteiger partial charge in [-0.15, -0.1) is 12.4 Å². The second-order valence-corrected chi connectivity index (χ2v) is 5.35. The van der Waals surface area contributed by atoms with E-state index in [1.54, 1.807) is 26.4 Å². The maximum atomic E-state index is 12.1. The summed E-state index contributed by atoms with van der Waals surface area (Å²) in [6.07, 6.45) is 3.82. The summed E-state index contributed by atoms with van der Waals surface area (Å²) in [5.74, 6) is 2.03. The fraction of sp³-hybridized carbons (Fsp3) is 0.562. The summed E-state index contributed by atoms with van der Waals surface area (Å²) in [6, 6.07) is 5.38. The lowest BCUT2D eigenvalue weighted by Crippen LogP contribution is -2.28. The molecule has 0 atom stereocenters. The van der Waals surface area contributed by atoms with Crippen LogP contribution in [0.5, 0.6) is 11.5 Å². The van der Waals surface area contributed by atoms with Gasteiger partial charge in [0, 0.05) is 12.5 Å². The van der Waals surface area contributed by atoms with Crippen molar-refractivity contribution in [2.45, 2.75) is 25.7 Å². The average molecular weight is 329 g/mol. The minimum atomic E-state index is 0. The fourth-order valence-corrected chi connectivity index (χ4v) is 2.63. The Morgan fingerprint density at radius 2 is 2.00 bits per heavy atom. The van der Waals surface area contributed by atoms with Gasteiger partial charge in [-0.2, -0.15) is 0 Å². The molecule has 2 rings (SSSR count). The zero-order valence-electron chi connectivity index (χ0n) is 13.2. The van der Waals surface area contributed by atoms with Crippen molar-refractivity contribution in [3.05, 3.63) is 18.2 Å². The Morgan fingerprint density at radius 1 is 1.27 bits per heavy atom. The molecule has 1 aliphatic heterocycles. The topological polar surface area (TPSA) is 59.6 Å². The Hall–Kier alpha value is -1.46. The van der Waals surface area contributed by atoms with Gasteiger partial charge in [0.1, 0.15) is 11.5 Å². The van der Waals surface area contributed by atoms with Crippen molar-refractivity contribution in [3.63, 3.8) is 0 Å². The molecule has 1 amide bonds. The normalized spacial score (nSPS) is 14.8. The molecule has 0 saturated carbocycles. The first-order valence-electron chi connectivity index (χ1n) is 7.45. The van der Waals surface area contributed by atoms with Crippen molar-refractivity contribution in [3.8, 4) is 11.5 Å². The maximum Gasteiger partial charge on any atom is 0.224 e. The van der Waals surface area contributed by atoms with Crippen molar-refractivity contribution in [1.29, 1.82) is 0 Å². The van der Waals surface area contributed by atoms with Gasteiger partial charge < -0.3 is 20.1 Å². The van der Waals surface area contributed by atoms with Gasteiger partial charge in [-0.1, -0.05) is 0 Å². The highest BCUT2D eigenvalue weighted by molar-refractivity contribution is 5.92. The summed E-state index contributed by atoms with van der Waals surface area (Å²) in [5, 5.41) is 6.26. The van der Waals surface area contributed by atoms with E-state index in [0.717, 1.165) is 32.4 Å². The molecule has 0 aromatic heterocycles. The highest BCUT2D eigenvalue weighted by Gasteiger charge is 2.15. The minimum Gasteiger partial charge on any atom is -0.497 e. The third kappa shape index (κ3) is 5.39. The van der Waals surface area contributed by atoms with Crippen molar-refractivity contribution < 1.29 is 14.3 Å². The molecule has 22 heavy (non-hydrogen) atoms. The second-order valence-electron chi connectivity index (χ2n) is 5.35. The number of anilines is 1. The monoisotopic (exact) mass is 328 g/mol. The van der Waals surface area contributed by atoms with Gasteiger partial charge in [0.05, 0.1) is 19.9 Å². The molecule has 6 heteroatoms. The Bertz CT molecular complexity index is 476. The summed E-state index contributed by atoms with van der Waals surface area (Å²) in [5.41, 5.74) is 0.659. The van der Waals surface area contributed by atoms with Crippen molar-refractivity contribution in [2.75, 3.05) is 32.6 Å². The number of benzene rings is 1. The van der Waals surface area contributed by atoms with Crippen molar-refractivity contribution >= 4 is 24.0 Å². The predicted octanol–water partition coefficient (Wildman–Crippen LogP) is 2.84. The van der Waals surface area contributed by atoms with Gasteiger partial charge in [-0.3, -0.25) is 4.79 Å². The van der Waals surface area contributed by atoms with Crippen molar-refractivity contribution in [2.24, 2.45) is 5.92 Å². The number of carbonyl (C=O) groups is 1. The molecule has 1 fully saturated rings. The van der Waals surface area contributed by atoms with Crippen LogP contribution in [-0.2, 0) is 4.79 Å². The van der Waals surface area contributed by atoms with Gasteiger partial charge in [0.2, 0.25) is 5.91 Å². The molecule has 0 unspecified atom stereocenters. The lowest BCUT2D eigenvalue weighted by Gasteiger charge is -2.22. The van der Waals surface area contributed by atoms with Gasteiger partial charge in [0.25, 0.3) is 0 Å². The lowest BCUT2D eigenvalue weighted by atomic mass is 9.93. The second kappa shape index (κ2) is 9.54. The number of hydrogen-bond donors (Lipinski definition) is 2. The molecule has 1 heterocycles. The van der Waals surface area contributed by atoms with E-state index in [9.17, 15) is 4.79 Å². The maximum absolute atomic E-state index is 12.1. The van der Waals surface area contributed by atoms with Crippen LogP contribution >= 0.6 is 12.4 Å². The number of ether oxygens (including phenoxy) is 2. The minimum absolute atomic E-state index is 0. The fourth-order valence-electron chi connectivity index (χ4n) is 2.63. The molecule has 1 aromatic rings. The van der Waals surface area contributed by atoms with E-state index in [1.165, 1.54) is 0 Å². The summed E-state index contributed by atoms with van der Waals surface area (Å²) >= 11 is 0. The van der Waals surface area contributed by atoms with Crippen LogP contribution in [0.1, 0.15) is 25.7 Å². The number of nitrogens with one attached hydrogen (secondary N) is 2. The van der Waals surface area contributed by atoms with Crippen LogP contribution in [0.3, 0.4) is 0 Å². The summed E-state index contributed by atoms with van der Waals surface area (Å²) < 4.78 is 10.4. The molecule has 1 saturated heterocycles. The Kier molecular flexibility index (Phi) is 8.06. The Labute approximate surface area is 138 Å². The van der Waals surface area contributed by atoms with E-state index in [-0.39, 0.29) is 18.3 Å². The first kappa shape index (κ1) is 18.6. The van der Waals surface area contributed by atoms with E-state index in [2.05, 4.69) is 10.6 Å². The number of methoxy groups -OCH3 is 2. The van der Waals surface area contributed by atoms with Crippen LogP contribution in [0.25, 0.3) is 0 Å². The molecule has 5 nitrogen and oxygen atoms in total. The first-order valence-corrected chi connectivity index (χ1v) is 7.45. The van der Waals surface area contributed by atoms with Crippen LogP contribution in [0, 0.1) is 5.92 Å². The van der Waals surface area contributed by atoms with Gasteiger partial charge in [-0.05, 0) is 50.4 Å². The number of rotatable bonds is 6. The first-order chi connectivity index (χ1) is 10.2. The third-order valence-corrected chi connectivity index (χ3v) is 3.92. The van der Waals surface area contributed by atoms with E-state index in [4.69, 9.17) is 9.47 Å². The average Bonchev–Trinajstić information content (AvgIpc) is 2.54. The lowest BCUT2D eigenvalue weighted by molar-refractivity contribution is -0.116. The number of piperidine rings is 1. The van der Waals surface area contributed by atoms with Gasteiger partial charge >= 0.3 is 0 Å². The zero-order valence-corrected chi connectivity index (χ0v) is 14.0. The van der Waals surface area contributed by atoms with Crippen LogP contribution < -0.4 is 20.1 Å². The number of carbonyl (C=O) groups excluding carboxylic acids is 1. The summed E-state index contributed by atoms with van der Waals surface area (Å²) in [6.45, 7) is 2.13. The number of amides is 1. The van der Waals surface area contributed by atoms with Crippen LogP contribution in [0.2, 0.25) is 0 Å². The zero-order chi connectivity index (χ0) is 15.1. The Morgan fingerprint density at radius 3 is 2.64 bits per heavy atom. The van der Waals surface area contributed by atoms with Gasteiger partial charge in [-0.25, -0.2) is 0 Å². The number of hydrogen-bond acceptors (Lipinski definition) is 4. The molecule has 2 N–H and O–H groups in total. The molecule has 0 aliphatic carbocycles. The molecule has 1 aromatic carbocycles. The molecule has 0 radical (unpaired) electrons. The van der Waals surface area contributed by atoms with Crippen LogP contribution in [-0.4, -0.2) is 33.2 Å². The number of halogens is 1. The quantitative estimate of drug-likeness (QED) is 0.843. The highest BCUT2D eigenvalue weighted by Crippen LogP contribution is 2.29. The van der Waals surface area contributed by atoms with E-state index in [0.29, 0.717) is 29.5 Å². The third-order valence-electron chi connectivity index (χ3n) is 3.92. The van der Waals surface area contributed by atoms with Crippen LogP contribution in [0.15, 0.2) is 18.2 Å². The smallest absolute Gasteiger partial charge is 0.224 e. The standard InChI is InChI=1S/C16H24N2O3.ClH/c1-20-13-4-5-15(21-2)14(11-13)18-16(19)6-3-12-7-9-17-10-8-12;/h4-5,11-12,17H,3,6-10H2,1-2H3,(H,18,19);1H. The molecular formula is C16H25ClN2O3. The summed E-state index contributed by atoms with van der Waals surface area (Å²) in [7, 11) is 3.19. The highest BCUT2D eigenvalue weighted by atomic mass is 35.5. The molecule has 0 spiro atoms. The Balaban J connectivity index is 0.00000242. The van der Waals surface area contributed by atoms with E-state index < -0.39 is 0 Å². The summed E-state index contributed by atoms with van der Waals surface area (Å²) in [4.78, 5) is 12.1.